The first-order valence-electron chi connectivity index (χ1n) is 5.53. The molecular weight excluding hydrogens is 238 g/mol. The van der Waals surface area contributed by atoms with Crippen LogP contribution in [0.25, 0.3) is 11.3 Å². The summed E-state index contributed by atoms with van der Waals surface area (Å²) in [4.78, 5) is 11.9. The number of Topliss-reactive ketones (excluding diaryl/α,β-unsaturated/α-hetero) is 1. The zero-order valence-electron chi connectivity index (χ0n) is 9.07. The number of aromatic nitrogens is 1. The lowest BCUT2D eigenvalue weighted by Gasteiger charge is -2.08. The normalized spacial score (nSPS) is 14.8. The number of carbonyl (C=O) groups excluding carboxylic acids is 1. The molecule has 2 aromatic rings. The Labute approximate surface area is 103 Å². The van der Waals surface area contributed by atoms with Crippen LogP contribution in [0.1, 0.15) is 29.0 Å². The Morgan fingerprint density at radius 3 is 2.71 bits per heavy atom. The highest BCUT2D eigenvalue weighted by atomic mass is 35.5. The van der Waals surface area contributed by atoms with E-state index >= 15 is 0 Å². The van der Waals surface area contributed by atoms with E-state index in [4.69, 9.17) is 16.1 Å². The summed E-state index contributed by atoms with van der Waals surface area (Å²) in [5.41, 5.74) is 2.16. The fourth-order valence-electron chi connectivity index (χ4n) is 2.12. The van der Waals surface area contributed by atoms with E-state index in [2.05, 4.69) is 5.16 Å². The molecule has 1 aliphatic rings. The maximum Gasteiger partial charge on any atom is 0.168 e. The van der Waals surface area contributed by atoms with Crippen LogP contribution in [0.2, 0.25) is 5.02 Å². The molecule has 0 N–H and O–H groups in total. The van der Waals surface area contributed by atoms with Crippen LogP contribution in [0.4, 0.5) is 0 Å². The van der Waals surface area contributed by atoms with Crippen molar-refractivity contribution in [1.29, 1.82) is 0 Å². The van der Waals surface area contributed by atoms with Gasteiger partial charge in [-0.3, -0.25) is 4.79 Å². The summed E-state index contributed by atoms with van der Waals surface area (Å²) in [5.74, 6) is 0.837. The number of benzene rings is 1. The Morgan fingerprint density at radius 2 is 1.94 bits per heavy atom. The Hall–Kier alpha value is -1.61. The molecule has 1 heterocycles. The van der Waals surface area contributed by atoms with Crippen LogP contribution in [-0.4, -0.2) is 10.9 Å². The fourth-order valence-corrected chi connectivity index (χ4v) is 2.25. The zero-order chi connectivity index (χ0) is 11.8. The highest BCUT2D eigenvalue weighted by Crippen LogP contribution is 2.31. The van der Waals surface area contributed by atoms with Crippen LogP contribution in [0.15, 0.2) is 28.8 Å². The molecular formula is C13H10ClNO2. The summed E-state index contributed by atoms with van der Waals surface area (Å²) in [6, 6.07) is 7.27. The third-order valence-corrected chi connectivity index (χ3v) is 3.22. The van der Waals surface area contributed by atoms with Crippen LogP contribution in [0.5, 0.6) is 0 Å². The Balaban J connectivity index is 2.12. The molecule has 0 bridgehead atoms. The lowest BCUT2D eigenvalue weighted by Crippen LogP contribution is -2.09. The summed E-state index contributed by atoms with van der Waals surface area (Å²) in [6.07, 6.45) is 2.22. The van der Waals surface area contributed by atoms with E-state index in [0.717, 1.165) is 18.4 Å². The van der Waals surface area contributed by atoms with Crippen molar-refractivity contribution in [3.63, 3.8) is 0 Å². The number of aryl methyl sites for hydroxylation is 1. The summed E-state index contributed by atoms with van der Waals surface area (Å²) in [5, 5.41) is 4.67. The van der Waals surface area contributed by atoms with E-state index in [0.29, 0.717) is 28.5 Å². The molecule has 0 amide bonds. The summed E-state index contributed by atoms with van der Waals surface area (Å²) >= 11 is 5.83. The van der Waals surface area contributed by atoms with E-state index in [1.807, 2.05) is 12.1 Å². The van der Waals surface area contributed by atoms with Crippen molar-refractivity contribution in [3.8, 4) is 11.3 Å². The van der Waals surface area contributed by atoms with Gasteiger partial charge >= 0.3 is 0 Å². The average Bonchev–Trinajstić information content (AvgIpc) is 2.75. The molecule has 0 radical (unpaired) electrons. The number of nitrogens with zero attached hydrogens (tertiary/aromatic N) is 1. The first kappa shape index (κ1) is 10.5. The highest BCUT2D eigenvalue weighted by molar-refractivity contribution is 6.30. The Morgan fingerprint density at radius 1 is 1.18 bits per heavy atom. The van der Waals surface area contributed by atoms with Crippen LogP contribution in [0.3, 0.4) is 0 Å². The van der Waals surface area contributed by atoms with Gasteiger partial charge in [-0.1, -0.05) is 28.9 Å². The fraction of sp³-hybridized carbons (Fsp3) is 0.231. The third-order valence-electron chi connectivity index (χ3n) is 2.97. The van der Waals surface area contributed by atoms with Gasteiger partial charge in [0.25, 0.3) is 0 Å². The number of carbonyl (C=O) groups is 1. The standard InChI is InChI=1S/C13H10ClNO2/c14-9-6-4-8(5-7-9)13-12-10(16)2-1-3-11(12)17-15-13/h4-7H,1-3H2. The predicted octanol–water partition coefficient (Wildman–Crippen LogP) is 3.51. The first-order chi connectivity index (χ1) is 8.25. The summed E-state index contributed by atoms with van der Waals surface area (Å²) < 4.78 is 5.24. The highest BCUT2D eigenvalue weighted by Gasteiger charge is 2.26. The van der Waals surface area contributed by atoms with Crippen molar-refractivity contribution in [3.05, 3.63) is 40.6 Å². The van der Waals surface area contributed by atoms with Crippen molar-refractivity contribution in [2.24, 2.45) is 0 Å². The zero-order valence-corrected chi connectivity index (χ0v) is 9.83. The van der Waals surface area contributed by atoms with Gasteiger partial charge in [0.15, 0.2) is 5.78 Å². The topological polar surface area (TPSA) is 43.1 Å². The predicted molar refractivity (Wildman–Crippen MR) is 64.2 cm³/mol. The van der Waals surface area contributed by atoms with Gasteiger partial charge in [-0.25, -0.2) is 0 Å². The van der Waals surface area contributed by atoms with Gasteiger partial charge in [0.05, 0.1) is 5.56 Å². The molecule has 4 heteroatoms. The van der Waals surface area contributed by atoms with Crippen LogP contribution >= 0.6 is 11.6 Å². The van der Waals surface area contributed by atoms with E-state index < -0.39 is 0 Å². The second-order valence-electron chi connectivity index (χ2n) is 4.11. The maximum absolute atomic E-state index is 11.9. The largest absolute Gasteiger partial charge is 0.360 e. The minimum absolute atomic E-state index is 0.123. The SMILES string of the molecule is O=C1CCCc2onc(-c3ccc(Cl)cc3)c21. The van der Waals surface area contributed by atoms with Gasteiger partial charge < -0.3 is 4.52 Å². The number of halogens is 1. The molecule has 3 rings (SSSR count). The van der Waals surface area contributed by atoms with Crippen molar-refractivity contribution in [2.45, 2.75) is 19.3 Å². The third kappa shape index (κ3) is 1.76. The smallest absolute Gasteiger partial charge is 0.168 e. The molecule has 0 atom stereocenters. The molecule has 1 aliphatic carbocycles. The Bertz CT molecular complexity index is 572. The second kappa shape index (κ2) is 4.00. The maximum atomic E-state index is 11.9. The van der Waals surface area contributed by atoms with Crippen molar-refractivity contribution < 1.29 is 9.32 Å². The lowest BCUT2D eigenvalue weighted by atomic mass is 9.93. The molecule has 1 aromatic heterocycles. The molecule has 86 valence electrons. The Kier molecular flexibility index (Phi) is 2.48. The lowest BCUT2D eigenvalue weighted by molar-refractivity contribution is 0.0969. The minimum atomic E-state index is 0.123. The van der Waals surface area contributed by atoms with E-state index in [9.17, 15) is 4.79 Å². The molecule has 0 unspecified atom stereocenters. The molecule has 17 heavy (non-hydrogen) atoms. The minimum Gasteiger partial charge on any atom is -0.360 e. The molecule has 1 aromatic carbocycles. The number of hydrogen-bond acceptors (Lipinski definition) is 3. The van der Waals surface area contributed by atoms with Crippen LogP contribution < -0.4 is 0 Å². The van der Waals surface area contributed by atoms with Gasteiger partial charge in [0, 0.05) is 23.4 Å². The van der Waals surface area contributed by atoms with Crippen molar-refractivity contribution in [2.75, 3.05) is 0 Å². The molecule has 0 aliphatic heterocycles. The quantitative estimate of drug-likeness (QED) is 0.774. The van der Waals surface area contributed by atoms with Crippen molar-refractivity contribution in [1.82, 2.24) is 5.16 Å². The number of ketones is 1. The van der Waals surface area contributed by atoms with Gasteiger partial charge in [0.1, 0.15) is 11.5 Å². The van der Waals surface area contributed by atoms with Gasteiger partial charge in [-0.05, 0) is 18.6 Å². The van der Waals surface area contributed by atoms with E-state index in [-0.39, 0.29) is 5.78 Å². The monoisotopic (exact) mass is 247 g/mol. The second-order valence-corrected chi connectivity index (χ2v) is 4.55. The van der Waals surface area contributed by atoms with E-state index in [1.54, 1.807) is 12.1 Å². The molecule has 0 saturated carbocycles. The van der Waals surface area contributed by atoms with Crippen LogP contribution in [-0.2, 0) is 6.42 Å². The first-order valence-corrected chi connectivity index (χ1v) is 5.91. The molecule has 3 nitrogen and oxygen atoms in total. The average molecular weight is 248 g/mol. The van der Waals surface area contributed by atoms with Gasteiger partial charge in [-0.2, -0.15) is 0 Å². The van der Waals surface area contributed by atoms with Gasteiger partial charge in [-0.15, -0.1) is 0 Å². The summed E-state index contributed by atoms with van der Waals surface area (Å²) in [7, 11) is 0. The molecule has 0 fully saturated rings. The number of rotatable bonds is 1. The summed E-state index contributed by atoms with van der Waals surface area (Å²) in [6.45, 7) is 0. The van der Waals surface area contributed by atoms with Gasteiger partial charge in [0.2, 0.25) is 0 Å². The van der Waals surface area contributed by atoms with E-state index in [1.165, 1.54) is 0 Å². The number of hydrogen-bond donors (Lipinski definition) is 0. The van der Waals surface area contributed by atoms with Crippen LogP contribution in [0, 0.1) is 0 Å². The molecule has 0 saturated heterocycles. The molecule has 0 spiro atoms. The number of fused-ring (bicyclic) bond motifs is 1. The van der Waals surface area contributed by atoms with Crippen molar-refractivity contribution >= 4 is 17.4 Å².